The van der Waals surface area contributed by atoms with Gasteiger partial charge in [-0.1, -0.05) is 29.8 Å². The molecular formula is C15H16FNO. The fourth-order valence-corrected chi connectivity index (χ4v) is 1.81. The highest BCUT2D eigenvalue weighted by Gasteiger charge is 2.04. The molecule has 18 heavy (non-hydrogen) atoms. The zero-order chi connectivity index (χ0) is 13.0. The van der Waals surface area contributed by atoms with E-state index in [0.717, 1.165) is 5.56 Å². The lowest BCUT2D eigenvalue weighted by Crippen LogP contribution is -2.03. The lowest BCUT2D eigenvalue weighted by molar-refractivity contribution is 0.302. The first-order valence-electron chi connectivity index (χ1n) is 5.86. The Kier molecular flexibility index (Phi) is 3.95. The van der Waals surface area contributed by atoms with Gasteiger partial charge in [-0.25, -0.2) is 4.39 Å². The van der Waals surface area contributed by atoms with E-state index in [4.69, 9.17) is 10.5 Å². The summed E-state index contributed by atoms with van der Waals surface area (Å²) >= 11 is 0. The molecule has 0 spiro atoms. The van der Waals surface area contributed by atoms with Crippen molar-refractivity contribution in [1.82, 2.24) is 0 Å². The molecule has 3 heteroatoms. The average molecular weight is 245 g/mol. The predicted octanol–water partition coefficient (Wildman–Crippen LogP) is 3.17. The van der Waals surface area contributed by atoms with Crippen LogP contribution in [0.1, 0.15) is 16.7 Å². The van der Waals surface area contributed by atoms with E-state index in [1.165, 1.54) is 17.7 Å². The summed E-state index contributed by atoms with van der Waals surface area (Å²) in [6, 6.07) is 12.5. The van der Waals surface area contributed by atoms with Gasteiger partial charge < -0.3 is 10.5 Å². The molecule has 0 aliphatic rings. The maximum atomic E-state index is 13.0. The highest BCUT2D eigenvalue weighted by Crippen LogP contribution is 2.20. The fourth-order valence-electron chi connectivity index (χ4n) is 1.81. The standard InChI is InChI=1S/C15H16FNO/c1-11-3-2-4-12(7-11)10-18-15-6-5-14(16)8-13(15)9-17/h2-8H,9-10,17H2,1H3. The van der Waals surface area contributed by atoms with Crippen LogP contribution in [-0.4, -0.2) is 0 Å². The molecule has 2 aromatic rings. The second kappa shape index (κ2) is 5.65. The molecule has 0 bridgehead atoms. The molecule has 94 valence electrons. The van der Waals surface area contributed by atoms with Gasteiger partial charge in [0.2, 0.25) is 0 Å². The Morgan fingerprint density at radius 3 is 2.72 bits per heavy atom. The fraction of sp³-hybridized carbons (Fsp3) is 0.200. The lowest BCUT2D eigenvalue weighted by atomic mass is 10.1. The third-order valence-corrected chi connectivity index (χ3v) is 2.72. The molecule has 2 aromatic carbocycles. The molecule has 0 saturated heterocycles. The van der Waals surface area contributed by atoms with Gasteiger partial charge in [0, 0.05) is 12.1 Å². The number of aryl methyl sites for hydroxylation is 1. The SMILES string of the molecule is Cc1cccc(COc2ccc(F)cc2CN)c1. The van der Waals surface area contributed by atoms with E-state index >= 15 is 0 Å². The highest BCUT2D eigenvalue weighted by atomic mass is 19.1. The van der Waals surface area contributed by atoms with Crippen molar-refractivity contribution in [2.24, 2.45) is 5.73 Å². The lowest BCUT2D eigenvalue weighted by Gasteiger charge is -2.10. The Morgan fingerprint density at radius 1 is 1.17 bits per heavy atom. The van der Waals surface area contributed by atoms with Gasteiger partial charge in [0.05, 0.1) is 0 Å². The zero-order valence-electron chi connectivity index (χ0n) is 10.3. The summed E-state index contributed by atoms with van der Waals surface area (Å²) in [7, 11) is 0. The molecule has 0 aromatic heterocycles. The molecule has 0 heterocycles. The minimum Gasteiger partial charge on any atom is -0.489 e. The normalized spacial score (nSPS) is 10.4. The number of nitrogens with two attached hydrogens (primary N) is 1. The third-order valence-electron chi connectivity index (χ3n) is 2.72. The van der Waals surface area contributed by atoms with E-state index in [2.05, 4.69) is 6.07 Å². The van der Waals surface area contributed by atoms with Crippen molar-refractivity contribution >= 4 is 0 Å². The van der Waals surface area contributed by atoms with Crippen LogP contribution in [0, 0.1) is 12.7 Å². The monoisotopic (exact) mass is 245 g/mol. The van der Waals surface area contributed by atoms with Gasteiger partial charge in [-0.2, -0.15) is 0 Å². The Hall–Kier alpha value is -1.87. The van der Waals surface area contributed by atoms with Crippen LogP contribution in [0.2, 0.25) is 0 Å². The number of hydrogen-bond donors (Lipinski definition) is 1. The van der Waals surface area contributed by atoms with E-state index in [-0.39, 0.29) is 12.4 Å². The molecule has 0 unspecified atom stereocenters. The number of rotatable bonds is 4. The van der Waals surface area contributed by atoms with Crippen molar-refractivity contribution in [3.63, 3.8) is 0 Å². The molecule has 0 aliphatic heterocycles. The molecule has 2 N–H and O–H groups in total. The van der Waals surface area contributed by atoms with Crippen molar-refractivity contribution in [3.05, 3.63) is 65.0 Å². The first kappa shape index (κ1) is 12.6. The molecule has 0 saturated carbocycles. The van der Waals surface area contributed by atoms with Crippen LogP contribution in [0.25, 0.3) is 0 Å². The summed E-state index contributed by atoms with van der Waals surface area (Å²) in [4.78, 5) is 0. The van der Waals surface area contributed by atoms with Gasteiger partial charge >= 0.3 is 0 Å². The highest BCUT2D eigenvalue weighted by molar-refractivity contribution is 5.34. The number of benzene rings is 2. The molecule has 0 amide bonds. The van der Waals surface area contributed by atoms with E-state index in [9.17, 15) is 4.39 Å². The summed E-state index contributed by atoms with van der Waals surface area (Å²) in [5.41, 5.74) is 8.52. The maximum absolute atomic E-state index is 13.0. The van der Waals surface area contributed by atoms with Gasteiger partial charge in [-0.05, 0) is 30.7 Å². The quantitative estimate of drug-likeness (QED) is 0.898. The van der Waals surface area contributed by atoms with Crippen molar-refractivity contribution in [2.45, 2.75) is 20.1 Å². The van der Waals surface area contributed by atoms with Crippen LogP contribution in [-0.2, 0) is 13.2 Å². The van der Waals surface area contributed by atoms with Gasteiger partial charge in [0.1, 0.15) is 18.2 Å². The molecule has 0 aliphatic carbocycles. The summed E-state index contributed by atoms with van der Waals surface area (Å²) in [5, 5.41) is 0. The van der Waals surface area contributed by atoms with Crippen molar-refractivity contribution < 1.29 is 9.13 Å². The van der Waals surface area contributed by atoms with Gasteiger partial charge in [-0.15, -0.1) is 0 Å². The average Bonchev–Trinajstić information content (AvgIpc) is 2.37. The Morgan fingerprint density at radius 2 is 2.00 bits per heavy atom. The van der Waals surface area contributed by atoms with Crippen LogP contribution >= 0.6 is 0 Å². The molecule has 0 fully saturated rings. The zero-order valence-corrected chi connectivity index (χ0v) is 10.3. The van der Waals surface area contributed by atoms with Crippen LogP contribution in [0.15, 0.2) is 42.5 Å². The van der Waals surface area contributed by atoms with Crippen LogP contribution < -0.4 is 10.5 Å². The summed E-state index contributed by atoms with van der Waals surface area (Å²) in [5.74, 6) is 0.346. The second-order valence-corrected chi connectivity index (χ2v) is 4.23. The van der Waals surface area contributed by atoms with E-state index in [1.54, 1.807) is 6.07 Å². The van der Waals surface area contributed by atoms with Crippen molar-refractivity contribution in [3.8, 4) is 5.75 Å². The Balaban J connectivity index is 2.10. The Labute approximate surface area is 106 Å². The first-order chi connectivity index (χ1) is 8.69. The first-order valence-corrected chi connectivity index (χ1v) is 5.86. The van der Waals surface area contributed by atoms with Crippen LogP contribution in [0.3, 0.4) is 0 Å². The molecule has 2 rings (SSSR count). The summed E-state index contributed by atoms with van der Waals surface area (Å²) in [6.45, 7) is 2.76. The third kappa shape index (κ3) is 3.08. The van der Waals surface area contributed by atoms with Crippen molar-refractivity contribution in [1.29, 1.82) is 0 Å². The van der Waals surface area contributed by atoms with Crippen LogP contribution in [0.4, 0.5) is 4.39 Å². The van der Waals surface area contributed by atoms with Gasteiger partial charge in [-0.3, -0.25) is 0 Å². The molecule has 0 radical (unpaired) electrons. The van der Waals surface area contributed by atoms with E-state index in [0.29, 0.717) is 17.9 Å². The smallest absolute Gasteiger partial charge is 0.124 e. The molecule has 2 nitrogen and oxygen atoms in total. The largest absolute Gasteiger partial charge is 0.489 e. The minimum absolute atomic E-state index is 0.265. The van der Waals surface area contributed by atoms with E-state index in [1.807, 2.05) is 25.1 Å². The molecule has 0 atom stereocenters. The summed E-state index contributed by atoms with van der Waals surface area (Å²) < 4.78 is 18.7. The van der Waals surface area contributed by atoms with Crippen molar-refractivity contribution in [2.75, 3.05) is 0 Å². The van der Waals surface area contributed by atoms with Gasteiger partial charge in [0.15, 0.2) is 0 Å². The summed E-state index contributed by atoms with van der Waals surface area (Å²) in [6.07, 6.45) is 0. The minimum atomic E-state index is -0.293. The molecular weight excluding hydrogens is 229 g/mol. The number of hydrogen-bond acceptors (Lipinski definition) is 2. The number of ether oxygens (including phenoxy) is 1. The second-order valence-electron chi connectivity index (χ2n) is 4.23. The predicted molar refractivity (Wildman–Crippen MR) is 69.8 cm³/mol. The van der Waals surface area contributed by atoms with E-state index < -0.39 is 0 Å². The maximum Gasteiger partial charge on any atom is 0.124 e. The Bertz CT molecular complexity index is 540. The topological polar surface area (TPSA) is 35.2 Å². The number of halogens is 1. The van der Waals surface area contributed by atoms with Crippen LogP contribution in [0.5, 0.6) is 5.75 Å². The van der Waals surface area contributed by atoms with Gasteiger partial charge in [0.25, 0.3) is 0 Å².